The molecule has 2 heterocycles. The molecule has 0 spiro atoms. The average Bonchev–Trinajstić information content (AvgIpc) is 3.54. The Kier molecular flexibility index (Phi) is 9.29. The van der Waals surface area contributed by atoms with Gasteiger partial charge in [0.05, 0.1) is 51.2 Å². The average molecular weight is 697 g/mol. The molecule has 1 aromatic heterocycles. The van der Waals surface area contributed by atoms with Crippen molar-refractivity contribution in [2.24, 2.45) is 68.3 Å². The van der Waals surface area contributed by atoms with Gasteiger partial charge in [-0.1, -0.05) is 79.2 Å². The summed E-state index contributed by atoms with van der Waals surface area (Å²) in [6, 6.07) is -0.219. The second kappa shape index (κ2) is 12.4. The highest BCUT2D eigenvalue weighted by Crippen LogP contribution is 2.75. The number of nitrogens with zero attached hydrogens (tertiary/aromatic N) is 3. The summed E-state index contributed by atoms with van der Waals surface area (Å²) in [5.41, 5.74) is 6.36. The lowest BCUT2D eigenvalue weighted by atomic mass is 9.34. The molecule has 1 aromatic rings. The molecule has 1 aliphatic heterocycles. The Labute approximate surface area is 299 Å². The molecule has 50 heavy (non-hydrogen) atoms. The summed E-state index contributed by atoms with van der Waals surface area (Å²) < 4.78 is 20.5. The quantitative estimate of drug-likeness (QED) is 0.207. The zero-order valence-electron chi connectivity index (χ0n) is 32.5. The maximum absolute atomic E-state index is 13.5. The first-order valence-corrected chi connectivity index (χ1v) is 19.2. The summed E-state index contributed by atoms with van der Waals surface area (Å²) in [4.78, 5) is 26.0. The third kappa shape index (κ3) is 5.19. The topological polar surface area (TPSA) is 139 Å². The molecule has 12 atom stereocenters. The number of hydrogen-bond donors (Lipinski definition) is 2. The molecule has 280 valence electrons. The standard InChI is InChI=1S/C40H64N4O6/c1-23(2)25(5)35(6)16-17-37(8)26-12-13-30-36(7)20-49-22-40(30,27(26)14-15-38(37,9)31(35)33(45)46)18-29(32(36)50-21-39(10,41)24(3)4)44-19-28(42-43-44)34(47)48-11/h14,19,23-26,29-32H,12-13,15-18,20-22,41H2,1-11H3,(H,45,46)/t25-,26+,29-,30+,31-,32+,35-,36+,37-,38+,39+,40+/m1/s1. The third-order valence-corrected chi connectivity index (χ3v) is 16.2. The Bertz CT molecular complexity index is 1520. The van der Waals surface area contributed by atoms with Gasteiger partial charge in [0.25, 0.3) is 0 Å². The van der Waals surface area contributed by atoms with Crippen LogP contribution in [0.3, 0.4) is 0 Å². The molecule has 0 aromatic carbocycles. The Balaban J connectivity index is 1.46. The molecule has 10 nitrogen and oxygen atoms in total. The Morgan fingerprint density at radius 3 is 2.42 bits per heavy atom. The molecule has 0 unspecified atom stereocenters. The van der Waals surface area contributed by atoms with Gasteiger partial charge in [-0.25, -0.2) is 9.48 Å². The van der Waals surface area contributed by atoms with Crippen molar-refractivity contribution in [3.8, 4) is 0 Å². The molecular formula is C40H64N4O6. The minimum Gasteiger partial charge on any atom is -0.481 e. The van der Waals surface area contributed by atoms with Gasteiger partial charge < -0.3 is 25.1 Å². The van der Waals surface area contributed by atoms with Crippen LogP contribution in [0.5, 0.6) is 0 Å². The van der Waals surface area contributed by atoms with Crippen LogP contribution in [0.2, 0.25) is 0 Å². The highest BCUT2D eigenvalue weighted by Gasteiger charge is 2.72. The third-order valence-electron chi connectivity index (χ3n) is 16.2. The number of aromatic nitrogens is 3. The van der Waals surface area contributed by atoms with Crippen LogP contribution in [0.25, 0.3) is 0 Å². The van der Waals surface area contributed by atoms with E-state index in [0.717, 1.165) is 38.5 Å². The smallest absolute Gasteiger partial charge is 0.360 e. The summed E-state index contributed by atoms with van der Waals surface area (Å²) in [6.45, 7) is 23.9. The lowest BCUT2D eigenvalue weighted by molar-refractivity contribution is -0.252. The van der Waals surface area contributed by atoms with Crippen LogP contribution in [0.15, 0.2) is 17.8 Å². The number of allylic oxidation sites excluding steroid dienone is 1. The SMILES string of the molecule is COC(=O)c1cn([C@@H]2C[C@@]34COC[C@@](C)([C@@H]3CC[C@H]3C4=CC[C@@]4(C)[C@H](C(=O)O)[C@@](C)([C@H](C)C(C)C)CC[C@]34C)[C@H]2OC[C@](C)(N)C(C)C)nn1. The van der Waals surface area contributed by atoms with E-state index in [9.17, 15) is 14.7 Å². The summed E-state index contributed by atoms with van der Waals surface area (Å²) in [6.07, 6.45) is 9.31. The summed E-state index contributed by atoms with van der Waals surface area (Å²) in [7, 11) is 1.35. The number of nitrogens with two attached hydrogens (primary N) is 1. The van der Waals surface area contributed by atoms with Crippen LogP contribution in [-0.2, 0) is 19.0 Å². The van der Waals surface area contributed by atoms with Crippen LogP contribution in [-0.4, -0.2) is 70.6 Å². The predicted octanol–water partition coefficient (Wildman–Crippen LogP) is 6.95. The van der Waals surface area contributed by atoms with E-state index in [2.05, 4.69) is 78.7 Å². The van der Waals surface area contributed by atoms with E-state index >= 15 is 0 Å². The number of carbonyl (C=O) groups excluding carboxylic acids is 1. The minimum atomic E-state index is -0.649. The number of fused-ring (bicyclic) bond motifs is 3. The van der Waals surface area contributed by atoms with E-state index in [0.29, 0.717) is 31.7 Å². The molecule has 1 saturated heterocycles. The van der Waals surface area contributed by atoms with Gasteiger partial charge in [-0.3, -0.25) is 4.79 Å². The number of carboxylic acids is 1. The fraction of sp³-hybridized carbons (Fsp3) is 0.850. The van der Waals surface area contributed by atoms with Crippen molar-refractivity contribution in [1.29, 1.82) is 0 Å². The molecule has 6 rings (SSSR count). The number of aliphatic carboxylic acids is 1. The van der Waals surface area contributed by atoms with E-state index in [4.69, 9.17) is 19.9 Å². The van der Waals surface area contributed by atoms with Crippen molar-refractivity contribution in [2.45, 2.75) is 125 Å². The molecule has 4 fully saturated rings. The number of hydrogen-bond acceptors (Lipinski definition) is 8. The van der Waals surface area contributed by atoms with Gasteiger partial charge >= 0.3 is 11.9 Å². The molecule has 0 amide bonds. The first-order chi connectivity index (χ1) is 23.2. The van der Waals surface area contributed by atoms with Gasteiger partial charge in [0.2, 0.25) is 0 Å². The van der Waals surface area contributed by atoms with Crippen LogP contribution in [0, 0.1) is 62.6 Å². The molecule has 0 radical (unpaired) electrons. The first kappa shape index (κ1) is 37.5. The zero-order valence-corrected chi connectivity index (χ0v) is 32.5. The fourth-order valence-corrected chi connectivity index (χ4v) is 12.2. The van der Waals surface area contributed by atoms with E-state index in [1.54, 1.807) is 6.20 Å². The van der Waals surface area contributed by atoms with Crippen LogP contribution in [0.4, 0.5) is 0 Å². The van der Waals surface area contributed by atoms with Crippen molar-refractivity contribution < 1.29 is 28.9 Å². The van der Waals surface area contributed by atoms with Gasteiger partial charge in [0.1, 0.15) is 0 Å². The maximum atomic E-state index is 13.5. The van der Waals surface area contributed by atoms with Gasteiger partial charge in [0, 0.05) is 16.4 Å². The second-order valence-corrected chi connectivity index (χ2v) is 19.1. The number of carboxylic acid groups (broad SMARTS) is 1. The summed E-state index contributed by atoms with van der Waals surface area (Å²) in [5.74, 6) is -0.157. The summed E-state index contributed by atoms with van der Waals surface area (Å²) in [5, 5.41) is 19.8. The first-order valence-electron chi connectivity index (χ1n) is 19.2. The predicted molar refractivity (Wildman–Crippen MR) is 191 cm³/mol. The van der Waals surface area contributed by atoms with E-state index in [1.165, 1.54) is 12.7 Å². The lowest BCUT2D eigenvalue weighted by Crippen LogP contribution is -2.69. The Hall–Kier alpha value is -2.30. The molecule has 5 aliphatic rings. The Morgan fingerprint density at radius 1 is 1.10 bits per heavy atom. The van der Waals surface area contributed by atoms with Crippen molar-refractivity contribution in [3.05, 3.63) is 23.5 Å². The maximum Gasteiger partial charge on any atom is 0.360 e. The van der Waals surface area contributed by atoms with Gasteiger partial charge in [-0.2, -0.15) is 0 Å². The van der Waals surface area contributed by atoms with E-state index in [1.807, 2.05) is 11.6 Å². The van der Waals surface area contributed by atoms with Crippen molar-refractivity contribution in [2.75, 3.05) is 26.9 Å². The van der Waals surface area contributed by atoms with E-state index in [-0.39, 0.29) is 57.3 Å². The number of methoxy groups -OCH3 is 1. The van der Waals surface area contributed by atoms with Crippen molar-refractivity contribution in [1.82, 2.24) is 15.0 Å². The molecule has 3 saturated carbocycles. The normalized spacial score (nSPS) is 42.8. The number of ether oxygens (including phenoxy) is 3. The summed E-state index contributed by atoms with van der Waals surface area (Å²) >= 11 is 0. The number of carbonyl (C=O) groups is 2. The van der Waals surface area contributed by atoms with Gasteiger partial charge in [-0.15, -0.1) is 5.10 Å². The van der Waals surface area contributed by atoms with Gasteiger partial charge in [-0.05, 0) is 91.3 Å². The molecule has 10 heteroatoms. The largest absolute Gasteiger partial charge is 0.481 e. The number of esters is 1. The highest BCUT2D eigenvalue weighted by molar-refractivity contribution is 5.86. The molecule has 3 N–H and O–H groups in total. The Morgan fingerprint density at radius 2 is 1.80 bits per heavy atom. The van der Waals surface area contributed by atoms with E-state index < -0.39 is 28.8 Å². The van der Waals surface area contributed by atoms with Crippen molar-refractivity contribution in [3.63, 3.8) is 0 Å². The fourth-order valence-electron chi connectivity index (χ4n) is 12.2. The zero-order chi connectivity index (χ0) is 36.8. The molecule has 2 bridgehead atoms. The van der Waals surface area contributed by atoms with Crippen molar-refractivity contribution >= 4 is 11.9 Å². The monoisotopic (exact) mass is 696 g/mol. The highest BCUT2D eigenvalue weighted by atomic mass is 16.5. The second-order valence-electron chi connectivity index (χ2n) is 19.1. The lowest BCUT2D eigenvalue weighted by Gasteiger charge is -2.71. The molecule has 4 aliphatic carbocycles. The number of rotatable bonds is 9. The van der Waals surface area contributed by atoms with Crippen LogP contribution in [0.1, 0.15) is 124 Å². The van der Waals surface area contributed by atoms with Crippen LogP contribution < -0.4 is 5.73 Å². The minimum absolute atomic E-state index is 0.172. The molecular weight excluding hydrogens is 632 g/mol. The van der Waals surface area contributed by atoms with Gasteiger partial charge in [0.15, 0.2) is 5.69 Å². The van der Waals surface area contributed by atoms with Crippen LogP contribution >= 0.6 is 0 Å².